The molecule has 0 fully saturated rings. The van der Waals surface area contributed by atoms with Gasteiger partial charge in [0.2, 0.25) is 5.91 Å². The summed E-state index contributed by atoms with van der Waals surface area (Å²) in [7, 11) is 0. The molecule has 0 saturated heterocycles. The van der Waals surface area contributed by atoms with E-state index in [0.717, 1.165) is 37.5 Å². The van der Waals surface area contributed by atoms with E-state index in [1.807, 2.05) is 12.1 Å². The topological polar surface area (TPSA) is 79.5 Å². The van der Waals surface area contributed by atoms with E-state index in [-0.39, 0.29) is 24.0 Å². The molecule has 0 saturated carbocycles. The van der Waals surface area contributed by atoms with Crippen molar-refractivity contribution in [2.24, 2.45) is 10.7 Å². The number of carbonyl (C=O) groups is 1. The molecule has 27 heavy (non-hydrogen) atoms. The monoisotopic (exact) mass is 480 g/mol. The minimum atomic E-state index is -0.415. The third-order valence-corrected chi connectivity index (χ3v) is 4.06. The molecule has 2 rings (SSSR count). The minimum absolute atomic E-state index is 0. The second-order valence-corrected chi connectivity index (χ2v) is 6.35. The highest BCUT2D eigenvalue weighted by molar-refractivity contribution is 14.0. The minimum Gasteiger partial charge on any atom is -0.366 e. The van der Waals surface area contributed by atoms with Crippen molar-refractivity contribution < 1.29 is 4.79 Å². The number of carbonyl (C=O) groups excluding carboxylic acids is 1. The van der Waals surface area contributed by atoms with E-state index < -0.39 is 5.91 Å². The third-order valence-electron chi connectivity index (χ3n) is 4.06. The van der Waals surface area contributed by atoms with Crippen LogP contribution in [0.4, 0.5) is 0 Å². The number of halogens is 1. The van der Waals surface area contributed by atoms with Crippen molar-refractivity contribution in [3.8, 4) is 0 Å². The van der Waals surface area contributed by atoms with Crippen molar-refractivity contribution in [3.63, 3.8) is 0 Å². The Morgan fingerprint density at radius 3 is 2.22 bits per heavy atom. The number of rotatable bonds is 8. The Labute approximate surface area is 178 Å². The molecule has 146 valence electrons. The van der Waals surface area contributed by atoms with Gasteiger partial charge in [-0.1, -0.05) is 55.3 Å². The van der Waals surface area contributed by atoms with Gasteiger partial charge in [0, 0.05) is 18.7 Å². The first-order valence-electron chi connectivity index (χ1n) is 9.05. The number of hydrogen-bond donors (Lipinski definition) is 3. The highest BCUT2D eigenvalue weighted by Gasteiger charge is 2.02. The summed E-state index contributed by atoms with van der Waals surface area (Å²) in [6, 6.07) is 15.7. The summed E-state index contributed by atoms with van der Waals surface area (Å²) in [6.45, 7) is 6.39. The zero-order chi connectivity index (χ0) is 18.8. The molecule has 4 N–H and O–H groups in total. The molecule has 0 atom stereocenters. The Balaban J connectivity index is 0.00000364. The molecular weight excluding hydrogens is 451 g/mol. The molecule has 1 amide bonds. The van der Waals surface area contributed by atoms with Gasteiger partial charge in [0.1, 0.15) is 0 Å². The maximum atomic E-state index is 11.1. The molecule has 0 radical (unpaired) electrons. The molecule has 2 aromatic rings. The summed E-state index contributed by atoms with van der Waals surface area (Å²) in [5, 5.41) is 6.75. The van der Waals surface area contributed by atoms with Crippen LogP contribution in [0.1, 0.15) is 46.8 Å². The van der Waals surface area contributed by atoms with Crippen LogP contribution in [-0.4, -0.2) is 18.4 Å². The maximum Gasteiger partial charge on any atom is 0.248 e. The highest BCUT2D eigenvalue weighted by Crippen LogP contribution is 2.06. The van der Waals surface area contributed by atoms with Gasteiger partial charge in [-0.2, -0.15) is 0 Å². The van der Waals surface area contributed by atoms with Gasteiger partial charge in [-0.05, 0) is 36.6 Å². The number of hydrogen-bond acceptors (Lipinski definition) is 2. The molecule has 0 bridgehead atoms. The molecule has 5 nitrogen and oxygen atoms in total. The van der Waals surface area contributed by atoms with Crippen molar-refractivity contribution in [2.45, 2.75) is 39.8 Å². The number of unbranched alkanes of at least 4 members (excludes halogenated alkanes) is 1. The molecule has 0 aliphatic carbocycles. The summed E-state index contributed by atoms with van der Waals surface area (Å²) in [5.41, 5.74) is 9.28. The van der Waals surface area contributed by atoms with Crippen LogP contribution in [0, 0.1) is 6.92 Å². The number of nitrogens with zero attached hydrogens (tertiary/aromatic N) is 1. The molecule has 0 heterocycles. The van der Waals surface area contributed by atoms with Crippen LogP contribution < -0.4 is 16.4 Å². The van der Waals surface area contributed by atoms with Crippen molar-refractivity contribution in [1.82, 2.24) is 10.6 Å². The van der Waals surface area contributed by atoms with Crippen LogP contribution in [0.25, 0.3) is 0 Å². The summed E-state index contributed by atoms with van der Waals surface area (Å²) in [5.74, 6) is 0.375. The lowest BCUT2D eigenvalue weighted by atomic mass is 10.1. The second-order valence-electron chi connectivity index (χ2n) is 6.35. The largest absolute Gasteiger partial charge is 0.366 e. The van der Waals surface area contributed by atoms with Gasteiger partial charge in [0.05, 0.1) is 6.54 Å². The summed E-state index contributed by atoms with van der Waals surface area (Å²) in [4.78, 5) is 15.8. The number of nitrogens with two attached hydrogens (primary N) is 1. The lowest BCUT2D eigenvalue weighted by Crippen LogP contribution is -2.37. The third kappa shape index (κ3) is 8.43. The van der Waals surface area contributed by atoms with Gasteiger partial charge >= 0.3 is 0 Å². The Kier molecular flexibility index (Phi) is 10.5. The van der Waals surface area contributed by atoms with Crippen LogP contribution in [0.5, 0.6) is 0 Å². The van der Waals surface area contributed by atoms with Gasteiger partial charge in [-0.25, -0.2) is 4.99 Å². The number of aryl methyl sites for hydroxylation is 1. The molecule has 2 aromatic carbocycles. The Hall–Kier alpha value is -2.09. The van der Waals surface area contributed by atoms with Crippen LogP contribution in [-0.2, 0) is 13.1 Å². The van der Waals surface area contributed by atoms with E-state index in [1.54, 1.807) is 12.1 Å². The number of nitrogens with one attached hydrogen (secondary N) is 2. The first-order valence-corrected chi connectivity index (χ1v) is 9.05. The smallest absolute Gasteiger partial charge is 0.248 e. The van der Waals surface area contributed by atoms with Gasteiger partial charge < -0.3 is 16.4 Å². The van der Waals surface area contributed by atoms with Crippen molar-refractivity contribution in [3.05, 3.63) is 70.8 Å². The molecule has 0 spiro atoms. The van der Waals surface area contributed by atoms with Crippen molar-refractivity contribution >= 4 is 35.8 Å². The van der Waals surface area contributed by atoms with E-state index in [1.165, 1.54) is 11.1 Å². The summed E-state index contributed by atoms with van der Waals surface area (Å²) < 4.78 is 0. The van der Waals surface area contributed by atoms with Crippen LogP contribution >= 0.6 is 24.0 Å². The maximum absolute atomic E-state index is 11.1. The van der Waals surface area contributed by atoms with Gasteiger partial charge in [0.25, 0.3) is 0 Å². The molecule has 0 aromatic heterocycles. The van der Waals surface area contributed by atoms with Crippen molar-refractivity contribution in [1.29, 1.82) is 0 Å². The first kappa shape index (κ1) is 23.0. The van der Waals surface area contributed by atoms with Gasteiger partial charge in [-0.15, -0.1) is 24.0 Å². The van der Waals surface area contributed by atoms with Crippen LogP contribution in [0.3, 0.4) is 0 Å². The number of primary amides is 1. The predicted octanol–water partition coefficient (Wildman–Crippen LogP) is 3.75. The van der Waals surface area contributed by atoms with Gasteiger partial charge in [0.15, 0.2) is 5.96 Å². The normalized spacial score (nSPS) is 10.8. The number of aliphatic imine (C=N–C) groups is 1. The van der Waals surface area contributed by atoms with Crippen LogP contribution in [0.15, 0.2) is 53.5 Å². The lowest BCUT2D eigenvalue weighted by Gasteiger charge is -2.13. The lowest BCUT2D eigenvalue weighted by molar-refractivity contribution is 0.100. The highest BCUT2D eigenvalue weighted by atomic mass is 127. The van der Waals surface area contributed by atoms with Crippen molar-refractivity contribution in [2.75, 3.05) is 6.54 Å². The standard InChI is InChI=1S/C21H28N4O.HI/c1-3-4-13-23-21(24-14-17-7-5-16(2)6-8-17)25-15-18-9-11-19(12-10-18)20(22)26;/h5-12H,3-4,13-15H2,1-2H3,(H2,22,26)(H2,23,24,25);1H. The summed E-state index contributed by atoms with van der Waals surface area (Å²) >= 11 is 0. The Morgan fingerprint density at radius 1 is 1.00 bits per heavy atom. The first-order chi connectivity index (χ1) is 12.6. The molecule has 0 unspecified atom stereocenters. The Bertz CT molecular complexity index is 727. The van der Waals surface area contributed by atoms with E-state index in [0.29, 0.717) is 12.1 Å². The van der Waals surface area contributed by atoms with E-state index >= 15 is 0 Å². The quantitative estimate of drug-likeness (QED) is 0.233. The number of benzene rings is 2. The molecule has 6 heteroatoms. The fourth-order valence-electron chi connectivity index (χ4n) is 2.39. The zero-order valence-corrected chi connectivity index (χ0v) is 18.3. The zero-order valence-electron chi connectivity index (χ0n) is 16.0. The Morgan fingerprint density at radius 2 is 1.63 bits per heavy atom. The number of guanidine groups is 1. The second kappa shape index (κ2) is 12.3. The summed E-state index contributed by atoms with van der Waals surface area (Å²) in [6.07, 6.45) is 2.23. The fourth-order valence-corrected chi connectivity index (χ4v) is 2.39. The van der Waals surface area contributed by atoms with E-state index in [2.05, 4.69) is 53.7 Å². The fraction of sp³-hybridized carbons (Fsp3) is 0.333. The SMILES string of the molecule is CCCCNC(=NCc1ccc(C(N)=O)cc1)NCc1ccc(C)cc1.I. The molecule has 0 aliphatic rings. The molecule has 0 aliphatic heterocycles. The average Bonchev–Trinajstić information content (AvgIpc) is 2.65. The van der Waals surface area contributed by atoms with Gasteiger partial charge in [-0.3, -0.25) is 4.79 Å². The van der Waals surface area contributed by atoms with E-state index in [4.69, 9.17) is 5.73 Å². The predicted molar refractivity (Wildman–Crippen MR) is 122 cm³/mol. The van der Waals surface area contributed by atoms with Crippen LogP contribution in [0.2, 0.25) is 0 Å². The average molecular weight is 480 g/mol. The molecular formula is C21H29IN4O. The number of amides is 1. The van der Waals surface area contributed by atoms with E-state index in [9.17, 15) is 4.79 Å².